The third-order valence-electron chi connectivity index (χ3n) is 3.02. The summed E-state index contributed by atoms with van der Waals surface area (Å²) in [6.07, 6.45) is 0. The van der Waals surface area contributed by atoms with Crippen LogP contribution in [0.25, 0.3) is 0 Å². The summed E-state index contributed by atoms with van der Waals surface area (Å²) in [4.78, 5) is 17.6. The molecule has 0 saturated carbocycles. The van der Waals surface area contributed by atoms with E-state index in [9.17, 15) is 9.18 Å². The van der Waals surface area contributed by atoms with Crippen molar-refractivity contribution in [2.75, 3.05) is 5.32 Å². The van der Waals surface area contributed by atoms with E-state index in [0.29, 0.717) is 5.13 Å². The minimum atomic E-state index is -0.540. The fraction of sp³-hybridized carbons (Fsp3) is 0.0588. The molecular formula is C17H13FN2OS2. The van der Waals surface area contributed by atoms with Crippen LogP contribution >= 0.6 is 23.1 Å². The van der Waals surface area contributed by atoms with E-state index in [1.54, 1.807) is 23.9 Å². The SMILES string of the molecule is O=C(Nc1nc(CSc2ccccc2)cs1)c1ccccc1F. The summed E-state index contributed by atoms with van der Waals surface area (Å²) >= 11 is 3.01. The van der Waals surface area contributed by atoms with Crippen molar-refractivity contribution in [3.63, 3.8) is 0 Å². The van der Waals surface area contributed by atoms with Crippen molar-refractivity contribution < 1.29 is 9.18 Å². The Morgan fingerprint density at radius 3 is 2.65 bits per heavy atom. The first-order valence-corrected chi connectivity index (χ1v) is 8.77. The number of anilines is 1. The number of amides is 1. The molecule has 116 valence electrons. The Balaban J connectivity index is 1.61. The Hall–Kier alpha value is -2.18. The first-order chi connectivity index (χ1) is 11.2. The van der Waals surface area contributed by atoms with E-state index in [4.69, 9.17) is 0 Å². The molecule has 0 saturated heterocycles. The Labute approximate surface area is 141 Å². The van der Waals surface area contributed by atoms with Gasteiger partial charge in [-0.05, 0) is 24.3 Å². The van der Waals surface area contributed by atoms with Gasteiger partial charge in [-0.15, -0.1) is 23.1 Å². The molecule has 0 bridgehead atoms. The van der Waals surface area contributed by atoms with E-state index >= 15 is 0 Å². The number of thioether (sulfide) groups is 1. The van der Waals surface area contributed by atoms with E-state index in [1.807, 2.05) is 35.7 Å². The zero-order chi connectivity index (χ0) is 16.1. The van der Waals surface area contributed by atoms with Crippen molar-refractivity contribution in [2.45, 2.75) is 10.6 Å². The average molecular weight is 344 g/mol. The van der Waals surface area contributed by atoms with Crippen molar-refractivity contribution in [3.8, 4) is 0 Å². The maximum absolute atomic E-state index is 13.6. The standard InChI is InChI=1S/C17H13FN2OS2/c18-15-9-5-4-8-14(15)16(21)20-17-19-12(11-23-17)10-22-13-6-2-1-3-7-13/h1-9,11H,10H2,(H,19,20,21). The monoisotopic (exact) mass is 344 g/mol. The lowest BCUT2D eigenvalue weighted by Crippen LogP contribution is -2.13. The van der Waals surface area contributed by atoms with Crippen LogP contribution in [0.2, 0.25) is 0 Å². The molecule has 1 heterocycles. The van der Waals surface area contributed by atoms with Crippen molar-refractivity contribution in [1.82, 2.24) is 4.98 Å². The summed E-state index contributed by atoms with van der Waals surface area (Å²) in [6.45, 7) is 0. The van der Waals surface area contributed by atoms with Crippen LogP contribution in [0.1, 0.15) is 16.1 Å². The number of carbonyl (C=O) groups is 1. The van der Waals surface area contributed by atoms with Crippen LogP contribution in [0.3, 0.4) is 0 Å². The molecule has 23 heavy (non-hydrogen) atoms. The van der Waals surface area contributed by atoms with Gasteiger partial charge in [0.05, 0.1) is 11.3 Å². The molecule has 0 aliphatic carbocycles. The van der Waals surface area contributed by atoms with Gasteiger partial charge in [0.25, 0.3) is 5.91 Å². The maximum Gasteiger partial charge on any atom is 0.260 e. The second-order valence-corrected chi connectivity index (χ2v) is 6.59. The molecule has 0 spiro atoms. The van der Waals surface area contributed by atoms with Crippen LogP contribution in [-0.4, -0.2) is 10.9 Å². The number of thiazole rings is 1. The fourth-order valence-electron chi connectivity index (χ4n) is 1.91. The second-order valence-electron chi connectivity index (χ2n) is 4.68. The largest absolute Gasteiger partial charge is 0.298 e. The summed E-state index contributed by atoms with van der Waals surface area (Å²) in [5, 5.41) is 5.01. The lowest BCUT2D eigenvalue weighted by Gasteiger charge is -2.02. The van der Waals surface area contributed by atoms with Crippen molar-refractivity contribution in [3.05, 3.63) is 77.1 Å². The lowest BCUT2D eigenvalue weighted by atomic mass is 10.2. The van der Waals surface area contributed by atoms with E-state index < -0.39 is 11.7 Å². The first kappa shape index (κ1) is 15.7. The molecule has 0 unspecified atom stereocenters. The summed E-state index contributed by atoms with van der Waals surface area (Å²) in [7, 11) is 0. The van der Waals surface area contributed by atoms with Crippen LogP contribution in [-0.2, 0) is 5.75 Å². The van der Waals surface area contributed by atoms with Crippen LogP contribution < -0.4 is 5.32 Å². The molecular weight excluding hydrogens is 331 g/mol. The summed E-state index contributed by atoms with van der Waals surface area (Å²) < 4.78 is 13.6. The highest BCUT2D eigenvalue weighted by Gasteiger charge is 2.12. The topological polar surface area (TPSA) is 42.0 Å². The van der Waals surface area contributed by atoms with Crippen molar-refractivity contribution >= 4 is 34.1 Å². The smallest absolute Gasteiger partial charge is 0.260 e. The zero-order valence-electron chi connectivity index (χ0n) is 12.0. The van der Waals surface area contributed by atoms with Gasteiger partial charge < -0.3 is 0 Å². The predicted molar refractivity (Wildman–Crippen MR) is 92.5 cm³/mol. The maximum atomic E-state index is 13.6. The highest BCUT2D eigenvalue weighted by Crippen LogP contribution is 2.25. The summed E-state index contributed by atoms with van der Waals surface area (Å²) in [5.74, 6) is -0.308. The highest BCUT2D eigenvalue weighted by atomic mass is 32.2. The molecule has 6 heteroatoms. The Morgan fingerprint density at radius 2 is 1.87 bits per heavy atom. The molecule has 1 amide bonds. The van der Waals surface area contributed by atoms with Gasteiger partial charge >= 0.3 is 0 Å². The molecule has 2 aromatic carbocycles. The number of nitrogens with one attached hydrogen (secondary N) is 1. The Morgan fingerprint density at radius 1 is 1.13 bits per heavy atom. The van der Waals surface area contributed by atoms with Crippen LogP contribution in [0.4, 0.5) is 9.52 Å². The molecule has 0 radical (unpaired) electrons. The summed E-state index contributed by atoms with van der Waals surface area (Å²) in [6, 6.07) is 15.9. The number of carbonyl (C=O) groups excluding carboxylic acids is 1. The Kier molecular flexibility index (Phi) is 5.05. The number of benzene rings is 2. The minimum Gasteiger partial charge on any atom is -0.298 e. The molecule has 3 nitrogen and oxygen atoms in total. The van der Waals surface area contributed by atoms with Crippen LogP contribution in [0, 0.1) is 5.82 Å². The highest BCUT2D eigenvalue weighted by molar-refractivity contribution is 7.98. The van der Waals surface area contributed by atoms with E-state index in [0.717, 1.165) is 16.3 Å². The number of halogens is 1. The number of hydrogen-bond acceptors (Lipinski definition) is 4. The minimum absolute atomic E-state index is 0.0166. The molecule has 0 fully saturated rings. The number of rotatable bonds is 5. The molecule has 0 aliphatic heterocycles. The lowest BCUT2D eigenvalue weighted by molar-refractivity contribution is 0.102. The molecule has 0 atom stereocenters. The van der Waals surface area contributed by atoms with Gasteiger partial charge in [0.15, 0.2) is 5.13 Å². The fourth-order valence-corrected chi connectivity index (χ4v) is 3.54. The normalized spacial score (nSPS) is 10.5. The molecule has 3 rings (SSSR count). The van der Waals surface area contributed by atoms with E-state index in [1.165, 1.54) is 23.5 Å². The van der Waals surface area contributed by atoms with Crippen molar-refractivity contribution in [1.29, 1.82) is 0 Å². The molecule has 0 aliphatic rings. The summed E-state index contributed by atoms with van der Waals surface area (Å²) in [5.41, 5.74) is 0.899. The van der Waals surface area contributed by atoms with Gasteiger partial charge in [0.2, 0.25) is 0 Å². The van der Waals surface area contributed by atoms with Gasteiger partial charge in [-0.2, -0.15) is 0 Å². The van der Waals surface area contributed by atoms with E-state index in [-0.39, 0.29) is 5.56 Å². The Bertz CT molecular complexity index is 805. The molecule has 1 aromatic heterocycles. The number of hydrogen-bond donors (Lipinski definition) is 1. The number of nitrogens with zero attached hydrogens (tertiary/aromatic N) is 1. The van der Waals surface area contributed by atoms with Gasteiger partial charge in [-0.3, -0.25) is 10.1 Å². The average Bonchev–Trinajstić information content (AvgIpc) is 3.02. The molecule has 1 N–H and O–H groups in total. The molecule has 3 aromatic rings. The second kappa shape index (κ2) is 7.39. The third-order valence-corrected chi connectivity index (χ3v) is 4.87. The van der Waals surface area contributed by atoms with Gasteiger partial charge in [-0.1, -0.05) is 30.3 Å². The van der Waals surface area contributed by atoms with Crippen LogP contribution in [0.5, 0.6) is 0 Å². The predicted octanol–water partition coefficient (Wildman–Crippen LogP) is 4.83. The third kappa shape index (κ3) is 4.18. The van der Waals surface area contributed by atoms with Gasteiger partial charge in [-0.25, -0.2) is 9.37 Å². The quantitative estimate of drug-likeness (QED) is 0.674. The van der Waals surface area contributed by atoms with Crippen LogP contribution in [0.15, 0.2) is 64.9 Å². The first-order valence-electron chi connectivity index (χ1n) is 6.90. The zero-order valence-corrected chi connectivity index (χ0v) is 13.7. The van der Waals surface area contributed by atoms with Gasteiger partial charge in [0, 0.05) is 16.0 Å². The van der Waals surface area contributed by atoms with Gasteiger partial charge in [0.1, 0.15) is 5.82 Å². The van der Waals surface area contributed by atoms with E-state index in [2.05, 4.69) is 10.3 Å². The number of aromatic nitrogens is 1. The van der Waals surface area contributed by atoms with Crippen molar-refractivity contribution in [2.24, 2.45) is 0 Å².